The Labute approximate surface area is 320 Å². The quantitative estimate of drug-likeness (QED) is 0.143. The van der Waals surface area contributed by atoms with Crippen LogP contribution in [0.4, 0.5) is 0 Å². The largest absolute Gasteiger partial charge is 0.384 e. The highest BCUT2D eigenvalue weighted by molar-refractivity contribution is 5.93. The van der Waals surface area contributed by atoms with Crippen LogP contribution in [0, 0.1) is 11.8 Å². The van der Waals surface area contributed by atoms with Crippen molar-refractivity contribution in [3.05, 3.63) is 47.1 Å². The van der Waals surface area contributed by atoms with Crippen LogP contribution >= 0.6 is 0 Å². The van der Waals surface area contributed by atoms with Crippen molar-refractivity contribution in [1.29, 1.82) is 0 Å². The van der Waals surface area contributed by atoms with E-state index in [4.69, 9.17) is 9.47 Å². The summed E-state index contributed by atoms with van der Waals surface area (Å²) < 4.78 is 11.6. The van der Waals surface area contributed by atoms with Crippen LogP contribution in [0.2, 0.25) is 0 Å². The Morgan fingerprint density at radius 1 is 0.648 bits per heavy atom. The van der Waals surface area contributed by atoms with Gasteiger partial charge in [-0.15, -0.1) is 0 Å². The molecule has 14 nitrogen and oxygen atoms in total. The van der Waals surface area contributed by atoms with Crippen molar-refractivity contribution in [2.24, 2.45) is 11.8 Å². The van der Waals surface area contributed by atoms with Gasteiger partial charge in [-0.1, -0.05) is 27.7 Å². The van der Waals surface area contributed by atoms with E-state index in [1.165, 1.54) is 0 Å². The molecule has 2 fully saturated rings. The van der Waals surface area contributed by atoms with E-state index >= 15 is 0 Å². The third kappa shape index (κ3) is 9.24. The van der Waals surface area contributed by atoms with Gasteiger partial charge < -0.3 is 50.3 Å². The van der Waals surface area contributed by atoms with E-state index in [9.17, 15) is 19.2 Å². The number of amides is 4. The summed E-state index contributed by atoms with van der Waals surface area (Å²) in [4.78, 5) is 58.9. The van der Waals surface area contributed by atoms with Gasteiger partial charge in [0.25, 0.3) is 0 Å². The molecule has 6 heterocycles. The van der Waals surface area contributed by atoms with Gasteiger partial charge in [-0.25, -0.2) is 0 Å². The molecule has 0 aromatic rings. The summed E-state index contributed by atoms with van der Waals surface area (Å²) >= 11 is 0. The normalized spacial score (nSPS) is 28.4. The van der Waals surface area contributed by atoms with Crippen molar-refractivity contribution in [3.8, 4) is 0 Å². The van der Waals surface area contributed by atoms with Gasteiger partial charge in [-0.3, -0.25) is 19.2 Å². The van der Waals surface area contributed by atoms with E-state index in [0.717, 1.165) is 74.7 Å². The van der Waals surface area contributed by atoms with Crippen molar-refractivity contribution < 1.29 is 28.7 Å². The molecule has 6 aliphatic heterocycles. The van der Waals surface area contributed by atoms with Crippen LogP contribution in [0.25, 0.3) is 0 Å². The van der Waals surface area contributed by atoms with E-state index < -0.39 is 0 Å². The van der Waals surface area contributed by atoms with Gasteiger partial charge in [-0.05, 0) is 51.4 Å². The van der Waals surface area contributed by atoms with E-state index in [2.05, 4.69) is 72.6 Å². The number of ether oxygens (including phenoxy) is 2. The second-order valence-corrected chi connectivity index (χ2v) is 16.4. The average molecular weight is 751 g/mol. The zero-order valence-electron chi connectivity index (χ0n) is 33.1. The van der Waals surface area contributed by atoms with E-state index in [1.807, 2.05) is 9.80 Å². The number of hydrogen-bond acceptors (Lipinski definition) is 10. The van der Waals surface area contributed by atoms with Crippen molar-refractivity contribution in [1.82, 2.24) is 40.9 Å². The molecule has 54 heavy (non-hydrogen) atoms. The second-order valence-electron chi connectivity index (χ2n) is 16.4. The zero-order chi connectivity index (χ0) is 38.5. The van der Waals surface area contributed by atoms with Crippen LogP contribution in [0.5, 0.6) is 0 Å². The van der Waals surface area contributed by atoms with E-state index in [1.54, 1.807) is 24.3 Å². The van der Waals surface area contributed by atoms with Gasteiger partial charge in [0.2, 0.25) is 23.6 Å². The molecular weight excluding hydrogens is 688 g/mol. The molecule has 14 heteroatoms. The van der Waals surface area contributed by atoms with Crippen LogP contribution < -0.4 is 21.3 Å². The highest BCUT2D eigenvalue weighted by atomic mass is 16.5. The first kappa shape index (κ1) is 39.6. The molecule has 6 rings (SSSR count). The molecule has 0 saturated carbocycles. The second kappa shape index (κ2) is 17.6. The molecule has 0 unspecified atom stereocenters. The minimum atomic E-state index is -0.0450. The van der Waals surface area contributed by atoms with Gasteiger partial charge in [-0.2, -0.15) is 0 Å². The van der Waals surface area contributed by atoms with Gasteiger partial charge in [0, 0.05) is 86.4 Å². The van der Waals surface area contributed by atoms with Crippen LogP contribution in [0.1, 0.15) is 67.2 Å². The first-order valence-corrected chi connectivity index (χ1v) is 20.1. The molecule has 4 N–H and O–H groups in total. The highest BCUT2D eigenvalue weighted by Gasteiger charge is 2.42. The number of nitrogens with one attached hydrogen (secondary N) is 4. The molecule has 0 aromatic heterocycles. The molecule has 0 aliphatic carbocycles. The highest BCUT2D eigenvalue weighted by Crippen LogP contribution is 2.32. The maximum Gasteiger partial charge on any atom is 0.249 e. The maximum absolute atomic E-state index is 13.0. The topological polar surface area (TPSA) is 148 Å². The lowest BCUT2D eigenvalue weighted by molar-refractivity contribution is -0.128. The molecular formula is C40H62N8O6. The van der Waals surface area contributed by atoms with Crippen molar-refractivity contribution in [2.45, 2.75) is 103 Å². The summed E-state index contributed by atoms with van der Waals surface area (Å²) in [5, 5.41) is 13.0. The molecule has 0 spiro atoms. The lowest BCUT2D eigenvalue weighted by atomic mass is 10.0. The molecule has 4 amide bonds. The van der Waals surface area contributed by atoms with Crippen molar-refractivity contribution in [2.75, 3.05) is 65.7 Å². The van der Waals surface area contributed by atoms with Gasteiger partial charge in [0.1, 0.15) is 0 Å². The van der Waals surface area contributed by atoms with Crippen LogP contribution in [0.15, 0.2) is 47.1 Å². The van der Waals surface area contributed by atoms with E-state index in [0.29, 0.717) is 51.4 Å². The fraction of sp³-hybridized carbons (Fsp3) is 0.700. The Kier molecular flexibility index (Phi) is 12.9. The third-order valence-corrected chi connectivity index (χ3v) is 11.5. The molecule has 0 bridgehead atoms. The fourth-order valence-corrected chi connectivity index (χ4v) is 8.96. The molecule has 2 saturated heterocycles. The van der Waals surface area contributed by atoms with Gasteiger partial charge >= 0.3 is 0 Å². The lowest BCUT2D eigenvalue weighted by Gasteiger charge is -2.32. The summed E-state index contributed by atoms with van der Waals surface area (Å²) in [5.74, 6) is 0.959. The lowest BCUT2D eigenvalue weighted by Crippen LogP contribution is -2.45. The first-order chi connectivity index (χ1) is 25.9. The number of hydrogen-bond donors (Lipinski definition) is 4. The Balaban J connectivity index is 0.823. The number of nitrogens with zero attached hydrogens (tertiary/aromatic N) is 4. The summed E-state index contributed by atoms with van der Waals surface area (Å²) in [6.45, 7) is 19.0. The van der Waals surface area contributed by atoms with Crippen LogP contribution in [0.3, 0.4) is 0 Å². The first-order valence-electron chi connectivity index (χ1n) is 20.1. The SMILES string of the molecule is CC(C)C[C@@H]1NC(=O)C=C1N1CC[C@H](N2C(=O)C=C(NCCOCCOCCNC3=CC(=O)N([C@H]4CCN(C5=CC(=O)N[C@H]5CC(C)C)C4)[C@H]3C)[C@@H]2C)C1. The molecule has 298 valence electrons. The Bertz CT molecular complexity index is 1430. The maximum atomic E-state index is 13.0. The predicted molar refractivity (Wildman–Crippen MR) is 205 cm³/mol. The van der Waals surface area contributed by atoms with Crippen molar-refractivity contribution >= 4 is 23.6 Å². The monoisotopic (exact) mass is 750 g/mol. The Hall–Kier alpha value is -4.04. The Morgan fingerprint density at radius 2 is 1.06 bits per heavy atom. The predicted octanol–water partition coefficient (Wildman–Crippen LogP) is 1.43. The number of likely N-dealkylation sites (tertiary alicyclic amines) is 2. The van der Waals surface area contributed by atoms with Crippen LogP contribution in [-0.2, 0) is 28.7 Å². The number of carbonyl (C=O) groups is 4. The minimum absolute atomic E-state index is 0.0268. The summed E-state index contributed by atoms with van der Waals surface area (Å²) in [7, 11) is 0. The number of rotatable bonds is 19. The van der Waals surface area contributed by atoms with E-state index in [-0.39, 0.29) is 59.9 Å². The Morgan fingerprint density at radius 3 is 1.44 bits per heavy atom. The summed E-state index contributed by atoms with van der Waals surface area (Å²) in [5.41, 5.74) is 3.93. The van der Waals surface area contributed by atoms with Crippen LogP contribution in [-0.4, -0.2) is 145 Å². The minimum Gasteiger partial charge on any atom is -0.384 e. The summed E-state index contributed by atoms with van der Waals surface area (Å²) in [6.07, 6.45) is 10.4. The van der Waals surface area contributed by atoms with Gasteiger partial charge in [0.15, 0.2) is 0 Å². The summed E-state index contributed by atoms with van der Waals surface area (Å²) in [6, 6.07) is 0.198. The number of carbonyl (C=O) groups excluding carboxylic acids is 4. The fourth-order valence-electron chi connectivity index (χ4n) is 8.96. The zero-order valence-corrected chi connectivity index (χ0v) is 33.1. The average Bonchev–Trinajstić information content (AvgIpc) is 3.96. The van der Waals surface area contributed by atoms with Crippen molar-refractivity contribution in [3.63, 3.8) is 0 Å². The molecule has 0 radical (unpaired) electrons. The molecule has 6 aliphatic rings. The molecule has 0 aromatic carbocycles. The molecule has 6 atom stereocenters. The smallest absolute Gasteiger partial charge is 0.249 e. The van der Waals surface area contributed by atoms with Gasteiger partial charge in [0.05, 0.1) is 62.7 Å². The standard InChI is InChI=1S/C40H62N8O6/c1-25(2)17-33-35(21-37(49)43-33)45-11-7-29(23-45)47-27(5)31(19-39(47)51)41-9-13-53-15-16-54-14-10-42-32-20-40(52)48(28(32)6)30-8-12-46(24-30)36-22-38(50)44-34(36)18-26(3)4/h19-22,25-30,33-34,41-42H,7-18,23-24H2,1-6H3,(H,43,49)(H,44,50)/t27-,28-,29-,30-,33-,34-/m0/s1. The third-order valence-electron chi connectivity index (χ3n) is 11.5.